The second-order valence-electron chi connectivity index (χ2n) is 16.5. The number of ketones is 2. The molecule has 0 aromatic carbocycles. The van der Waals surface area contributed by atoms with Crippen LogP contribution in [0.4, 0.5) is 0 Å². The molecule has 238 valence electrons. The third-order valence-corrected chi connectivity index (χ3v) is 14.0. The molecular formula is C36H52O7. The molecule has 14 atom stereocenters. The fourth-order valence-electron chi connectivity index (χ4n) is 11.8. The minimum absolute atomic E-state index is 0.0323. The van der Waals surface area contributed by atoms with Crippen LogP contribution in [0.5, 0.6) is 0 Å². The van der Waals surface area contributed by atoms with Crippen molar-refractivity contribution in [2.24, 2.45) is 51.8 Å². The average Bonchev–Trinajstić information content (AvgIpc) is 3.76. The Morgan fingerprint density at radius 1 is 0.953 bits per heavy atom. The number of Topliss-reactive ketones (excluding diaryl/α,β-unsaturated/α-hetero) is 2. The van der Waals surface area contributed by atoms with Crippen molar-refractivity contribution in [1.29, 1.82) is 0 Å². The molecule has 14 unspecified atom stereocenters. The van der Waals surface area contributed by atoms with Crippen molar-refractivity contribution in [1.82, 2.24) is 0 Å². The summed E-state index contributed by atoms with van der Waals surface area (Å²) in [5.74, 6) is 2.17. The lowest BCUT2D eigenvalue weighted by Crippen LogP contribution is -2.62. The minimum Gasteiger partial charge on any atom is -0.461 e. The molecule has 0 spiro atoms. The van der Waals surface area contributed by atoms with Gasteiger partial charge >= 0.3 is 5.97 Å². The van der Waals surface area contributed by atoms with E-state index in [0.717, 1.165) is 57.8 Å². The molecule has 7 nitrogen and oxygen atoms in total. The van der Waals surface area contributed by atoms with Crippen LogP contribution >= 0.6 is 0 Å². The van der Waals surface area contributed by atoms with E-state index >= 15 is 0 Å². The van der Waals surface area contributed by atoms with Crippen LogP contribution in [0.15, 0.2) is 11.6 Å². The van der Waals surface area contributed by atoms with Crippen LogP contribution < -0.4 is 0 Å². The van der Waals surface area contributed by atoms with Gasteiger partial charge in [-0.3, -0.25) is 9.59 Å². The first-order valence-corrected chi connectivity index (χ1v) is 17.3. The van der Waals surface area contributed by atoms with Gasteiger partial charge in [-0.2, -0.15) is 0 Å². The lowest BCUT2D eigenvalue weighted by molar-refractivity contribution is -0.185. The van der Waals surface area contributed by atoms with Gasteiger partial charge in [0, 0.05) is 17.8 Å². The third kappa shape index (κ3) is 4.33. The molecule has 7 rings (SSSR count). The summed E-state index contributed by atoms with van der Waals surface area (Å²) in [6, 6.07) is 0. The van der Waals surface area contributed by atoms with Gasteiger partial charge in [-0.25, -0.2) is 4.79 Å². The van der Waals surface area contributed by atoms with Gasteiger partial charge in [0.15, 0.2) is 11.9 Å². The summed E-state index contributed by atoms with van der Waals surface area (Å²) in [5, 5.41) is 11.2. The summed E-state index contributed by atoms with van der Waals surface area (Å²) >= 11 is 0. The quantitative estimate of drug-likeness (QED) is 0.256. The number of hydrogen-bond donors (Lipinski definition) is 1. The highest BCUT2D eigenvalue weighted by Gasteiger charge is 2.67. The molecule has 7 heteroatoms. The first-order chi connectivity index (χ1) is 20.3. The molecule has 5 aliphatic carbocycles. The van der Waals surface area contributed by atoms with E-state index < -0.39 is 41.9 Å². The number of fused-ring (bicyclic) bond motifs is 8. The van der Waals surface area contributed by atoms with E-state index in [4.69, 9.17) is 14.2 Å². The summed E-state index contributed by atoms with van der Waals surface area (Å²) in [6.45, 7) is 13.1. The second-order valence-corrected chi connectivity index (χ2v) is 16.5. The molecule has 6 fully saturated rings. The fourth-order valence-corrected chi connectivity index (χ4v) is 11.8. The number of rotatable bonds is 4. The van der Waals surface area contributed by atoms with Crippen LogP contribution in [0, 0.1) is 51.8 Å². The summed E-state index contributed by atoms with van der Waals surface area (Å²) in [7, 11) is 0. The van der Waals surface area contributed by atoms with Gasteiger partial charge in [-0.15, -0.1) is 0 Å². The molecule has 0 aromatic rings. The van der Waals surface area contributed by atoms with Crippen molar-refractivity contribution in [3.05, 3.63) is 11.6 Å². The molecule has 2 aliphatic heterocycles. The van der Waals surface area contributed by atoms with Gasteiger partial charge in [-0.1, -0.05) is 39.3 Å². The Morgan fingerprint density at radius 3 is 2.44 bits per heavy atom. The SMILES string of the molecule is CC1CCC2(C(=O)C3OC(C(=O)OC(C)C)C4OC4C3O)CCC3C(=CCC4C3(C)CCC3C(C)C(=O)CCC34C)C2C1. The van der Waals surface area contributed by atoms with E-state index in [1.807, 2.05) is 0 Å². The van der Waals surface area contributed by atoms with Crippen molar-refractivity contribution in [3.8, 4) is 0 Å². The van der Waals surface area contributed by atoms with Crippen molar-refractivity contribution < 1.29 is 33.7 Å². The highest BCUT2D eigenvalue weighted by molar-refractivity contribution is 5.91. The zero-order chi connectivity index (χ0) is 30.6. The number of esters is 1. The topological polar surface area (TPSA) is 102 Å². The number of aliphatic hydroxyl groups is 1. The molecule has 2 heterocycles. The minimum atomic E-state index is -1.08. The Labute approximate surface area is 256 Å². The van der Waals surface area contributed by atoms with Gasteiger partial charge < -0.3 is 19.3 Å². The van der Waals surface area contributed by atoms with E-state index in [9.17, 15) is 19.5 Å². The van der Waals surface area contributed by atoms with Crippen LogP contribution in [0.25, 0.3) is 0 Å². The van der Waals surface area contributed by atoms with Crippen LogP contribution in [0.3, 0.4) is 0 Å². The maximum Gasteiger partial charge on any atom is 0.338 e. The first-order valence-electron chi connectivity index (χ1n) is 17.3. The smallest absolute Gasteiger partial charge is 0.338 e. The highest BCUT2D eigenvalue weighted by atomic mass is 16.7. The molecule has 4 saturated carbocycles. The zero-order valence-corrected chi connectivity index (χ0v) is 27.0. The predicted molar refractivity (Wildman–Crippen MR) is 160 cm³/mol. The molecule has 0 radical (unpaired) electrons. The number of carbonyl (C=O) groups is 3. The monoisotopic (exact) mass is 596 g/mol. The van der Waals surface area contributed by atoms with Gasteiger partial charge in [0.25, 0.3) is 0 Å². The van der Waals surface area contributed by atoms with Crippen LogP contribution in [0.2, 0.25) is 0 Å². The third-order valence-electron chi connectivity index (χ3n) is 14.0. The van der Waals surface area contributed by atoms with Gasteiger partial charge in [-0.05, 0) is 112 Å². The summed E-state index contributed by atoms with van der Waals surface area (Å²) in [6.07, 6.45) is 7.50. The Hall–Kier alpha value is -1.57. The number of aliphatic hydroxyl groups excluding tert-OH is 1. The lowest BCUT2D eigenvalue weighted by atomic mass is 9.38. The second kappa shape index (κ2) is 10.2. The number of hydrogen-bond acceptors (Lipinski definition) is 7. The average molecular weight is 597 g/mol. The van der Waals surface area contributed by atoms with E-state index in [-0.39, 0.29) is 34.6 Å². The predicted octanol–water partition coefficient (Wildman–Crippen LogP) is 5.60. The maximum atomic E-state index is 14.8. The Balaban J connectivity index is 1.20. The molecule has 7 aliphatic rings. The maximum absolute atomic E-state index is 14.8. The standard InChI is InChI=1S/C36H52O7/c1-18(2)41-33(40)31-30-28(42-30)27(38)29(43-31)32(39)36-15-9-19(3)17-24(36)21-7-8-26-34(5)14-12-25(37)20(4)22(34)10-13-35(26,6)23(21)11-16-36/h7,18-20,22-24,26-31,38H,8-17H2,1-6H3. The van der Waals surface area contributed by atoms with Gasteiger partial charge in [0.05, 0.1) is 6.10 Å². The van der Waals surface area contributed by atoms with E-state index in [2.05, 4.69) is 33.8 Å². The van der Waals surface area contributed by atoms with E-state index in [1.165, 1.54) is 5.57 Å². The van der Waals surface area contributed by atoms with Crippen molar-refractivity contribution in [3.63, 3.8) is 0 Å². The molecule has 1 N–H and O–H groups in total. The summed E-state index contributed by atoms with van der Waals surface area (Å²) in [4.78, 5) is 40.4. The number of epoxide rings is 1. The van der Waals surface area contributed by atoms with Crippen LogP contribution in [-0.2, 0) is 28.6 Å². The lowest BCUT2D eigenvalue weighted by Gasteiger charge is -2.66. The molecule has 0 aromatic heterocycles. The number of carbonyl (C=O) groups excluding carboxylic acids is 3. The molecule has 0 bridgehead atoms. The first kappa shape index (κ1) is 30.1. The summed E-state index contributed by atoms with van der Waals surface area (Å²) < 4.78 is 17.3. The van der Waals surface area contributed by atoms with Crippen LogP contribution in [-0.4, -0.2) is 59.3 Å². The van der Waals surface area contributed by atoms with E-state index in [0.29, 0.717) is 35.9 Å². The van der Waals surface area contributed by atoms with Crippen molar-refractivity contribution >= 4 is 17.5 Å². The number of ether oxygens (including phenoxy) is 3. The largest absolute Gasteiger partial charge is 0.461 e. The molecule has 0 amide bonds. The van der Waals surface area contributed by atoms with Gasteiger partial charge in [0.1, 0.15) is 30.2 Å². The molecule has 43 heavy (non-hydrogen) atoms. The Morgan fingerprint density at radius 2 is 1.70 bits per heavy atom. The summed E-state index contributed by atoms with van der Waals surface area (Å²) in [5.41, 5.74) is 1.22. The van der Waals surface area contributed by atoms with Crippen LogP contribution in [0.1, 0.15) is 106 Å². The molecular weight excluding hydrogens is 544 g/mol. The Kier molecular flexibility index (Phi) is 7.15. The van der Waals surface area contributed by atoms with Gasteiger partial charge in [0.2, 0.25) is 0 Å². The van der Waals surface area contributed by atoms with Crippen molar-refractivity contribution in [2.45, 2.75) is 142 Å². The zero-order valence-electron chi connectivity index (χ0n) is 27.0. The molecule has 2 saturated heterocycles. The van der Waals surface area contributed by atoms with E-state index in [1.54, 1.807) is 13.8 Å². The van der Waals surface area contributed by atoms with Crippen molar-refractivity contribution in [2.75, 3.05) is 0 Å². The number of allylic oxidation sites excluding steroid dienone is 2. The Bertz CT molecular complexity index is 1220. The fraction of sp³-hybridized carbons (Fsp3) is 0.861. The highest BCUT2D eigenvalue weighted by Crippen LogP contribution is 2.70. The normalized spacial score (nSPS) is 52.0.